The number of hydrogen-bond acceptors (Lipinski definition) is 3. The van der Waals surface area contributed by atoms with Gasteiger partial charge in [0.25, 0.3) is 0 Å². The topological polar surface area (TPSA) is 86.6 Å². The van der Waals surface area contributed by atoms with Gasteiger partial charge < -0.3 is 10.1 Å². The number of nitrogens with one attached hydrogen (secondary N) is 2. The van der Waals surface area contributed by atoms with Crippen molar-refractivity contribution in [3.63, 3.8) is 0 Å². The van der Waals surface area contributed by atoms with Gasteiger partial charge in [0.1, 0.15) is 5.82 Å². The molecule has 0 bridgehead atoms. The molecule has 5 nitrogen and oxygen atoms in total. The summed E-state index contributed by atoms with van der Waals surface area (Å²) in [5, 5.41) is 5.43. The molecule has 0 radical (unpaired) electrons. The molecular weight excluding hydrogens is 247 g/mol. The van der Waals surface area contributed by atoms with Crippen LogP contribution in [-0.4, -0.2) is 23.9 Å². The fourth-order valence-electron chi connectivity index (χ4n) is 0.651. The molecule has 0 fully saturated rings. The van der Waals surface area contributed by atoms with E-state index in [9.17, 15) is 21.6 Å². The fourth-order valence-corrected chi connectivity index (χ4v) is 0.651. The van der Waals surface area contributed by atoms with Crippen LogP contribution in [0.15, 0.2) is 6.20 Å². The Hall–Kier alpha value is -1.09. The second kappa shape index (κ2) is 5.30. The van der Waals surface area contributed by atoms with Crippen LogP contribution in [0.1, 0.15) is 18.4 Å². The van der Waals surface area contributed by atoms with E-state index in [1.807, 2.05) is 13.1 Å². The highest BCUT2D eigenvalue weighted by molar-refractivity contribution is 7.93. The molecule has 16 heavy (non-hydrogen) atoms. The molecule has 1 aromatic heterocycles. The maximum atomic E-state index is 10.8. The molecule has 0 saturated carbocycles. The van der Waals surface area contributed by atoms with Gasteiger partial charge in [0, 0.05) is 11.9 Å². The highest BCUT2D eigenvalue weighted by Crippen LogP contribution is 2.22. The van der Waals surface area contributed by atoms with Crippen molar-refractivity contribution in [2.45, 2.75) is 25.8 Å². The standard InChI is InChI=1S/C6H10N2.CHF3NO2S/c1-3-6-4-7-5(2)8-6;2-1(3,4)8(5,6)7/h4H,3H2,1-2H3,(H,7,8);(H-,5,6,7)/q;-1. The second-order valence-corrected chi connectivity index (χ2v) is 4.27. The van der Waals surface area contributed by atoms with Gasteiger partial charge in [-0.2, -0.15) is 13.2 Å². The van der Waals surface area contributed by atoms with E-state index in [1.54, 1.807) is 0 Å². The minimum atomic E-state index is -5.59. The van der Waals surface area contributed by atoms with E-state index in [4.69, 9.17) is 5.14 Å². The average molecular weight is 258 g/mol. The highest BCUT2D eigenvalue weighted by atomic mass is 32.2. The van der Waals surface area contributed by atoms with Crippen LogP contribution < -0.4 is 0 Å². The van der Waals surface area contributed by atoms with Gasteiger partial charge in [0.15, 0.2) is 10.0 Å². The van der Waals surface area contributed by atoms with Gasteiger partial charge in [-0.1, -0.05) is 6.92 Å². The molecule has 0 amide bonds. The van der Waals surface area contributed by atoms with Crippen molar-refractivity contribution in [1.29, 1.82) is 0 Å². The molecule has 2 N–H and O–H groups in total. The van der Waals surface area contributed by atoms with Crippen LogP contribution in [0.5, 0.6) is 0 Å². The molecule has 1 rings (SSSR count). The average Bonchev–Trinajstić information content (AvgIpc) is 2.48. The van der Waals surface area contributed by atoms with Gasteiger partial charge in [0.2, 0.25) is 0 Å². The quantitative estimate of drug-likeness (QED) is 0.837. The smallest absolute Gasteiger partial charge is 0.479 e. The minimum Gasteiger partial charge on any atom is -0.556 e. The number of aryl methyl sites for hydroxylation is 2. The van der Waals surface area contributed by atoms with Crippen molar-refractivity contribution in [2.24, 2.45) is 0 Å². The molecule has 0 spiro atoms. The number of H-pyrrole nitrogens is 1. The van der Waals surface area contributed by atoms with Crippen LogP contribution in [0.4, 0.5) is 13.2 Å². The van der Waals surface area contributed by atoms with Gasteiger partial charge in [-0.25, -0.2) is 13.4 Å². The number of nitrogens with zero attached hydrogens (tertiary/aromatic N) is 1. The Morgan fingerprint density at radius 1 is 1.50 bits per heavy atom. The summed E-state index contributed by atoms with van der Waals surface area (Å²) in [6, 6.07) is 0. The summed E-state index contributed by atoms with van der Waals surface area (Å²) < 4.78 is 50.8. The lowest BCUT2D eigenvalue weighted by atomic mass is 10.4. The first-order valence-corrected chi connectivity index (χ1v) is 5.62. The van der Waals surface area contributed by atoms with Crippen LogP contribution >= 0.6 is 0 Å². The number of aromatic amines is 1. The molecule has 9 heteroatoms. The minimum absolute atomic E-state index is 1.00. The molecule has 0 aliphatic heterocycles. The van der Waals surface area contributed by atoms with Crippen molar-refractivity contribution in [3.8, 4) is 0 Å². The molecule has 0 aromatic carbocycles. The first kappa shape index (κ1) is 14.9. The number of aromatic nitrogens is 2. The molecule has 0 unspecified atom stereocenters. The van der Waals surface area contributed by atoms with Gasteiger partial charge in [-0.3, -0.25) is 0 Å². The van der Waals surface area contributed by atoms with Crippen LogP contribution in [0.2, 0.25) is 0 Å². The Kier molecular flexibility index (Phi) is 4.94. The lowest BCUT2D eigenvalue weighted by molar-refractivity contribution is -0.0423. The van der Waals surface area contributed by atoms with E-state index in [1.165, 1.54) is 5.69 Å². The molecule has 0 saturated heterocycles. The SMILES string of the molecule is CCc1cnc(C)[nH]1.[NH-]S(=O)(=O)C(F)(F)F. The number of rotatable bonds is 1. The van der Waals surface area contributed by atoms with Gasteiger partial charge in [-0.05, 0) is 13.3 Å². The summed E-state index contributed by atoms with van der Waals surface area (Å²) in [6.07, 6.45) is 2.91. The lowest BCUT2D eigenvalue weighted by Crippen LogP contribution is -2.18. The number of hydrogen-bond donors (Lipinski definition) is 1. The Morgan fingerprint density at radius 2 is 1.94 bits per heavy atom. The Bertz CT molecular complexity index is 424. The molecule has 0 atom stereocenters. The summed E-state index contributed by atoms with van der Waals surface area (Å²) in [6.45, 7) is 4.06. The number of sulfonamides is 1. The van der Waals surface area contributed by atoms with Crippen LogP contribution in [0.3, 0.4) is 0 Å². The summed E-state index contributed by atoms with van der Waals surface area (Å²) in [5.41, 5.74) is -4.21. The molecular formula is C7H11F3N3O2S-. The molecule has 1 aromatic rings. The van der Waals surface area contributed by atoms with E-state index in [2.05, 4.69) is 16.9 Å². The van der Waals surface area contributed by atoms with Crippen LogP contribution in [-0.2, 0) is 16.4 Å². The third kappa shape index (κ3) is 5.12. The largest absolute Gasteiger partial charge is 0.556 e. The molecule has 94 valence electrons. The van der Waals surface area contributed by atoms with E-state index < -0.39 is 15.5 Å². The zero-order valence-electron chi connectivity index (χ0n) is 8.59. The van der Waals surface area contributed by atoms with Crippen molar-refractivity contribution >= 4 is 10.0 Å². The van der Waals surface area contributed by atoms with E-state index in [0.717, 1.165) is 12.2 Å². The van der Waals surface area contributed by atoms with E-state index in [0.29, 0.717) is 0 Å². The van der Waals surface area contributed by atoms with Crippen LogP contribution in [0, 0.1) is 6.92 Å². The molecule has 0 aliphatic rings. The van der Waals surface area contributed by atoms with Crippen molar-refractivity contribution in [2.75, 3.05) is 0 Å². The number of alkyl halides is 3. The third-order valence-electron chi connectivity index (χ3n) is 1.44. The highest BCUT2D eigenvalue weighted by Gasteiger charge is 2.36. The second-order valence-electron chi connectivity index (χ2n) is 2.80. The van der Waals surface area contributed by atoms with Crippen molar-refractivity contribution in [3.05, 3.63) is 22.9 Å². The Balaban J connectivity index is 0.000000281. The summed E-state index contributed by atoms with van der Waals surface area (Å²) in [4.78, 5) is 7.15. The summed E-state index contributed by atoms with van der Waals surface area (Å²) >= 11 is 0. The zero-order valence-corrected chi connectivity index (χ0v) is 9.41. The number of imidazole rings is 1. The lowest BCUT2D eigenvalue weighted by Gasteiger charge is -2.07. The summed E-state index contributed by atoms with van der Waals surface area (Å²) in [7, 11) is -5.59. The third-order valence-corrected chi connectivity index (χ3v) is 2.05. The maximum Gasteiger partial charge on any atom is 0.479 e. The first-order chi connectivity index (χ1) is 7.08. The van der Waals surface area contributed by atoms with Gasteiger partial charge in [0.05, 0.1) is 0 Å². The monoisotopic (exact) mass is 258 g/mol. The fraction of sp³-hybridized carbons (Fsp3) is 0.571. The van der Waals surface area contributed by atoms with Crippen LogP contribution in [0.25, 0.3) is 5.14 Å². The Labute approximate surface area is 90.9 Å². The summed E-state index contributed by atoms with van der Waals surface area (Å²) in [5.74, 6) is 1.00. The van der Waals surface area contributed by atoms with Gasteiger partial charge in [-0.15, -0.1) is 0 Å². The van der Waals surface area contributed by atoms with E-state index >= 15 is 0 Å². The van der Waals surface area contributed by atoms with E-state index in [-0.39, 0.29) is 0 Å². The van der Waals surface area contributed by atoms with Crippen molar-refractivity contribution in [1.82, 2.24) is 9.97 Å². The van der Waals surface area contributed by atoms with Crippen molar-refractivity contribution < 1.29 is 21.6 Å². The predicted molar refractivity (Wildman–Crippen MR) is 52.0 cm³/mol. The maximum absolute atomic E-state index is 10.8. The first-order valence-electron chi connectivity index (χ1n) is 4.14. The Morgan fingerprint density at radius 3 is 2.06 bits per heavy atom. The molecule has 0 aliphatic carbocycles. The normalized spacial score (nSPS) is 11.9. The van der Waals surface area contributed by atoms with Gasteiger partial charge >= 0.3 is 5.51 Å². The molecule has 1 heterocycles. The zero-order chi connectivity index (χ0) is 13.0. The predicted octanol–water partition coefficient (Wildman–Crippen LogP) is 2.17. The number of halogens is 3.